The Labute approximate surface area is 478 Å². The first kappa shape index (κ1) is 61.7. The van der Waals surface area contributed by atoms with E-state index in [1.807, 2.05) is 74.5 Å². The number of ether oxygens (including phenoxy) is 6. The van der Waals surface area contributed by atoms with E-state index in [9.17, 15) is 40.2 Å². The second-order valence-corrected chi connectivity index (χ2v) is 21.1. The normalized spacial score (nSPS) is 23.4. The number of hydrogen-bond donors (Lipinski definition) is 12. The molecule has 22 heteroatoms. The molecule has 0 radical (unpaired) electrons. The molecule has 10 atom stereocenters. The van der Waals surface area contributed by atoms with Gasteiger partial charge < -0.3 is 91.0 Å². The predicted molar refractivity (Wildman–Crippen MR) is 310 cm³/mol. The molecule has 0 unspecified atom stereocenters. The van der Waals surface area contributed by atoms with Gasteiger partial charge in [0.1, 0.15) is 71.7 Å². The highest BCUT2D eigenvalue weighted by molar-refractivity contribution is 7.80. The molecule has 1 aliphatic carbocycles. The number of carbonyl (C=O) groups excluding carboxylic acids is 2. The summed E-state index contributed by atoms with van der Waals surface area (Å²) in [4.78, 5) is 24.6. The zero-order valence-corrected chi connectivity index (χ0v) is 47.8. The number of carbonyl (C=O) groups is 2. The van der Waals surface area contributed by atoms with Crippen molar-refractivity contribution < 1.29 is 68.6 Å². The first-order valence-corrected chi connectivity index (χ1v) is 28.3. The van der Waals surface area contributed by atoms with Crippen LogP contribution in [0.2, 0.25) is 0 Å². The molecule has 7 rings (SSSR count). The number of aliphatic hydroxyl groups excluding tert-OH is 6. The number of anilines is 2. The maximum atomic E-state index is 12.3. The van der Waals surface area contributed by atoms with E-state index in [0.29, 0.717) is 86.5 Å². The fraction of sp³-hybridized carbons (Fsp3) is 0.517. The first-order chi connectivity index (χ1) is 38.5. The van der Waals surface area contributed by atoms with E-state index in [2.05, 4.69) is 45.7 Å². The zero-order chi connectivity index (χ0) is 57.6. The van der Waals surface area contributed by atoms with Crippen molar-refractivity contribution in [3.05, 3.63) is 105 Å². The summed E-state index contributed by atoms with van der Waals surface area (Å²) in [5, 5.41) is 81.7. The lowest BCUT2D eigenvalue weighted by molar-refractivity contribution is -0.198. The quantitative estimate of drug-likeness (QED) is 0.0491. The number of rotatable bonds is 20. The second-order valence-electron chi connectivity index (χ2n) is 20.3. The largest absolute Gasteiger partial charge is 0.493 e. The van der Waals surface area contributed by atoms with Crippen molar-refractivity contribution in [1.82, 2.24) is 21.3 Å². The molecule has 436 valence electrons. The summed E-state index contributed by atoms with van der Waals surface area (Å²) in [6.07, 6.45) is -6.18. The highest BCUT2D eigenvalue weighted by Gasteiger charge is 2.46. The molecule has 0 saturated carbocycles. The van der Waals surface area contributed by atoms with Crippen LogP contribution in [0.25, 0.3) is 0 Å². The average Bonchev–Trinajstić information content (AvgIpc) is 3.41. The van der Waals surface area contributed by atoms with E-state index >= 15 is 0 Å². The average molecular weight is 1150 g/mol. The fourth-order valence-electron chi connectivity index (χ4n) is 10.3. The molecule has 4 aromatic rings. The number of aliphatic hydroxyl groups is 6. The van der Waals surface area contributed by atoms with Gasteiger partial charge in [0.05, 0.1) is 39.6 Å². The number of nitrogens with one attached hydrogen (secondary N) is 6. The SMILES string of the molecule is CCCOc1c2cccc1Cc1cc(NC(=S)N[C@@H]3O[C@H](CO)[C@@H](O)[C@H](O)[C@H]3NC(C)=O)cc(c1OCCC)Cc1cccc(c1OCCC)Cc1cc(NC(=S)N[C@@H]3O[C@H](CO)[C@@H](O)[C@H](O)[C@H]3NC(C)=O)cc(c1OCCC)C2. The van der Waals surface area contributed by atoms with Gasteiger partial charge in [-0.05, 0) is 96.6 Å². The second kappa shape index (κ2) is 29.2. The van der Waals surface area contributed by atoms with Gasteiger partial charge in [0.25, 0.3) is 0 Å². The van der Waals surface area contributed by atoms with E-state index in [-0.39, 0.29) is 10.2 Å². The van der Waals surface area contributed by atoms with Gasteiger partial charge in [0.15, 0.2) is 22.7 Å². The van der Waals surface area contributed by atoms with Gasteiger partial charge in [0, 0.05) is 73.2 Å². The lowest BCUT2D eigenvalue weighted by Crippen LogP contribution is -2.68. The Morgan fingerprint density at radius 3 is 1.04 bits per heavy atom. The van der Waals surface area contributed by atoms with Crippen LogP contribution >= 0.6 is 24.4 Å². The minimum atomic E-state index is -1.49. The van der Waals surface area contributed by atoms with Gasteiger partial charge in [0.2, 0.25) is 11.8 Å². The third kappa shape index (κ3) is 15.3. The molecule has 2 fully saturated rings. The van der Waals surface area contributed by atoms with Gasteiger partial charge in [-0.1, -0.05) is 64.1 Å². The van der Waals surface area contributed by atoms with Gasteiger partial charge in [-0.25, -0.2) is 0 Å². The van der Waals surface area contributed by atoms with Crippen molar-refractivity contribution in [2.45, 2.75) is 154 Å². The maximum absolute atomic E-state index is 12.3. The number of amides is 2. The summed E-state index contributed by atoms with van der Waals surface area (Å²) in [6.45, 7) is 11.3. The molecule has 8 bridgehead atoms. The number of thiocarbonyl (C=S) groups is 2. The van der Waals surface area contributed by atoms with Crippen molar-refractivity contribution in [3.63, 3.8) is 0 Å². The molecular formula is C58H78N6O14S2. The molecule has 2 saturated heterocycles. The van der Waals surface area contributed by atoms with Crippen molar-refractivity contribution >= 4 is 57.8 Å². The topological polar surface area (TPSA) is 283 Å². The Morgan fingerprint density at radius 1 is 0.487 bits per heavy atom. The molecule has 2 aliphatic heterocycles. The van der Waals surface area contributed by atoms with Crippen LogP contribution in [0, 0.1) is 0 Å². The Morgan fingerprint density at radius 2 is 0.775 bits per heavy atom. The lowest BCUT2D eigenvalue weighted by Gasteiger charge is -2.43. The highest BCUT2D eigenvalue weighted by atomic mass is 32.1. The van der Waals surface area contributed by atoms with Crippen LogP contribution in [0.15, 0.2) is 60.7 Å². The summed E-state index contributed by atoms with van der Waals surface area (Å²) in [5.74, 6) is 1.81. The Balaban J connectivity index is 1.36. The molecule has 20 nitrogen and oxygen atoms in total. The van der Waals surface area contributed by atoms with Crippen molar-refractivity contribution in [2.24, 2.45) is 0 Å². The van der Waals surface area contributed by atoms with Crippen LogP contribution < -0.4 is 50.8 Å². The standard InChI is InChI=1S/C58H78N6O14S2/c1-7-17-73-51-33-13-11-14-34(51)22-38-26-42(62-58(80)64-56-46(60-32(6)68)50(72)48(70)44(30-66)78-56)28-40(54(38)76-20-10-4)24-36-16-12-15-35(52(36)74-18-8-2)23-39-27-41(25-37(21-33)53(39)75-19-9-3)61-57(79)63-55-45(59-31(5)67)49(71)47(69)43(29-65)77-55/h11-16,25-28,43-50,55-56,65-66,69-72H,7-10,17-24,29-30H2,1-6H3,(H,59,67)(H,60,68)(H2,61,63,79)(H2,62,64,80)/t43-,44-,45-,46-,47-,48-,49-,50-,55-,56-/m1/s1. The fourth-order valence-corrected chi connectivity index (χ4v) is 10.7. The molecular weight excluding hydrogens is 1070 g/mol. The molecule has 2 amide bonds. The third-order valence-electron chi connectivity index (χ3n) is 13.8. The van der Waals surface area contributed by atoms with E-state index in [1.54, 1.807) is 0 Å². The van der Waals surface area contributed by atoms with Gasteiger partial charge in [-0.2, -0.15) is 0 Å². The number of para-hydroxylation sites is 2. The van der Waals surface area contributed by atoms with E-state index < -0.39 is 86.2 Å². The van der Waals surface area contributed by atoms with Crippen LogP contribution in [0.3, 0.4) is 0 Å². The lowest BCUT2D eigenvalue weighted by atomic mass is 9.90. The summed E-state index contributed by atoms with van der Waals surface area (Å²) >= 11 is 11.8. The van der Waals surface area contributed by atoms with E-state index in [4.69, 9.17) is 52.9 Å². The van der Waals surface area contributed by atoms with Crippen LogP contribution in [0.1, 0.15) is 112 Å². The van der Waals surface area contributed by atoms with E-state index in [0.717, 1.165) is 70.2 Å². The molecule has 0 aromatic heterocycles. The smallest absolute Gasteiger partial charge is 0.217 e. The summed E-state index contributed by atoms with van der Waals surface area (Å²) in [5.41, 5.74) is 7.97. The Bertz CT molecular complexity index is 2510. The molecule has 2 heterocycles. The Kier molecular flexibility index (Phi) is 22.5. The van der Waals surface area contributed by atoms with Crippen LogP contribution in [-0.2, 0) is 44.7 Å². The number of benzene rings is 4. The van der Waals surface area contributed by atoms with Crippen LogP contribution in [0.4, 0.5) is 11.4 Å². The molecule has 0 spiro atoms. The van der Waals surface area contributed by atoms with Crippen molar-refractivity contribution in [1.29, 1.82) is 0 Å². The first-order valence-electron chi connectivity index (χ1n) is 27.5. The number of hydrogen-bond acceptors (Lipinski definition) is 16. The highest BCUT2D eigenvalue weighted by Crippen LogP contribution is 2.41. The minimum absolute atomic E-state index is 0.0768. The van der Waals surface area contributed by atoms with Crippen molar-refractivity contribution in [2.75, 3.05) is 50.3 Å². The minimum Gasteiger partial charge on any atom is -0.493 e. The molecule has 80 heavy (non-hydrogen) atoms. The summed E-state index contributed by atoms with van der Waals surface area (Å²) in [6, 6.07) is 17.8. The predicted octanol–water partition coefficient (Wildman–Crippen LogP) is 3.98. The van der Waals surface area contributed by atoms with Gasteiger partial charge >= 0.3 is 0 Å². The molecule has 12 N–H and O–H groups in total. The van der Waals surface area contributed by atoms with Crippen LogP contribution in [0.5, 0.6) is 23.0 Å². The third-order valence-corrected chi connectivity index (χ3v) is 14.3. The molecule has 3 aliphatic rings. The summed E-state index contributed by atoms with van der Waals surface area (Å²) < 4.78 is 38.9. The van der Waals surface area contributed by atoms with E-state index in [1.165, 1.54) is 13.8 Å². The zero-order valence-electron chi connectivity index (χ0n) is 46.2. The number of fused-ring (bicyclic) bond motifs is 8. The summed E-state index contributed by atoms with van der Waals surface area (Å²) in [7, 11) is 0. The van der Waals surface area contributed by atoms with Crippen molar-refractivity contribution in [3.8, 4) is 23.0 Å². The monoisotopic (exact) mass is 1150 g/mol. The Hall–Kier alpha value is -5.92. The maximum Gasteiger partial charge on any atom is 0.217 e. The van der Waals surface area contributed by atoms with Gasteiger partial charge in [-0.15, -0.1) is 0 Å². The van der Waals surface area contributed by atoms with Crippen LogP contribution in [-0.4, -0.2) is 153 Å². The molecule has 4 aromatic carbocycles. The van der Waals surface area contributed by atoms with Gasteiger partial charge in [-0.3, -0.25) is 9.59 Å².